The van der Waals surface area contributed by atoms with E-state index in [0.29, 0.717) is 0 Å². The van der Waals surface area contributed by atoms with Gasteiger partial charge in [-0.05, 0) is 49.4 Å². The van der Waals surface area contributed by atoms with E-state index < -0.39 is 0 Å². The van der Waals surface area contributed by atoms with Gasteiger partial charge in [0.15, 0.2) is 0 Å². The predicted molar refractivity (Wildman–Crippen MR) is 72.9 cm³/mol. The molecule has 1 aromatic rings. The number of methoxy groups -OCH3 is 1. The summed E-state index contributed by atoms with van der Waals surface area (Å²) >= 11 is 0. The van der Waals surface area contributed by atoms with Gasteiger partial charge in [-0.25, -0.2) is 0 Å². The van der Waals surface area contributed by atoms with Crippen molar-refractivity contribution in [1.82, 2.24) is 0 Å². The second-order valence-electron chi connectivity index (χ2n) is 5.07. The lowest BCUT2D eigenvalue weighted by Gasteiger charge is -2.23. The van der Waals surface area contributed by atoms with Crippen LogP contribution in [0.5, 0.6) is 5.75 Å². The monoisotopic (exact) mass is 249 g/mol. The number of hydrogen-bond acceptors (Lipinski definition) is 3. The highest BCUT2D eigenvalue weighted by Gasteiger charge is 2.17. The van der Waals surface area contributed by atoms with Gasteiger partial charge in [0.05, 0.1) is 6.10 Å². The minimum Gasteiger partial charge on any atom is -0.491 e. The number of nitrogens with two attached hydrogens (primary N) is 1. The number of ether oxygens (including phenoxy) is 2. The molecular weight excluding hydrogens is 226 g/mol. The molecule has 1 aliphatic carbocycles. The molecule has 1 unspecified atom stereocenters. The molecule has 0 saturated heterocycles. The number of fused-ring (bicyclic) bond motifs is 1. The molecule has 2 N–H and O–H groups in total. The van der Waals surface area contributed by atoms with Crippen LogP contribution < -0.4 is 10.5 Å². The van der Waals surface area contributed by atoms with Crippen molar-refractivity contribution in [2.45, 2.75) is 44.8 Å². The smallest absolute Gasteiger partial charge is 0.120 e. The quantitative estimate of drug-likeness (QED) is 0.872. The number of rotatable bonds is 5. The summed E-state index contributed by atoms with van der Waals surface area (Å²) in [4.78, 5) is 0. The van der Waals surface area contributed by atoms with Crippen LogP contribution in [0, 0.1) is 0 Å². The van der Waals surface area contributed by atoms with Crippen molar-refractivity contribution in [3.63, 3.8) is 0 Å². The Morgan fingerprint density at radius 3 is 3.06 bits per heavy atom. The molecule has 0 aliphatic heterocycles. The predicted octanol–water partition coefficient (Wildman–Crippen LogP) is 2.83. The molecule has 0 heterocycles. The van der Waals surface area contributed by atoms with Crippen molar-refractivity contribution in [3.05, 3.63) is 29.3 Å². The van der Waals surface area contributed by atoms with Crippen molar-refractivity contribution in [2.75, 3.05) is 13.7 Å². The van der Waals surface area contributed by atoms with E-state index in [2.05, 4.69) is 25.1 Å². The van der Waals surface area contributed by atoms with Gasteiger partial charge in [0.2, 0.25) is 0 Å². The minimum atomic E-state index is 0.169. The van der Waals surface area contributed by atoms with Crippen molar-refractivity contribution >= 4 is 0 Å². The first-order valence-electron chi connectivity index (χ1n) is 6.74. The normalized spacial score (nSPS) is 20.3. The van der Waals surface area contributed by atoms with Crippen LogP contribution in [-0.2, 0) is 11.2 Å². The summed E-state index contributed by atoms with van der Waals surface area (Å²) in [5, 5.41) is 0. The molecule has 2 rings (SSSR count). The molecule has 3 nitrogen and oxygen atoms in total. The molecule has 1 aromatic carbocycles. The summed E-state index contributed by atoms with van der Waals surface area (Å²) in [5.41, 5.74) is 8.79. The molecule has 0 amide bonds. The molecule has 1 aliphatic rings. The van der Waals surface area contributed by atoms with Gasteiger partial charge in [-0.3, -0.25) is 0 Å². The van der Waals surface area contributed by atoms with Crippen LogP contribution in [0.25, 0.3) is 0 Å². The lowest BCUT2D eigenvalue weighted by Crippen LogP contribution is -2.18. The second-order valence-corrected chi connectivity index (χ2v) is 5.07. The average molecular weight is 249 g/mol. The Morgan fingerprint density at radius 2 is 2.28 bits per heavy atom. The van der Waals surface area contributed by atoms with Crippen molar-refractivity contribution in [3.8, 4) is 5.75 Å². The fraction of sp³-hybridized carbons (Fsp3) is 0.600. The van der Waals surface area contributed by atoms with Crippen molar-refractivity contribution < 1.29 is 9.47 Å². The van der Waals surface area contributed by atoms with Crippen molar-refractivity contribution in [2.24, 2.45) is 5.73 Å². The fourth-order valence-electron chi connectivity index (χ4n) is 2.46. The Morgan fingerprint density at radius 1 is 1.44 bits per heavy atom. The molecule has 3 heteroatoms. The fourth-order valence-corrected chi connectivity index (χ4v) is 2.46. The number of benzene rings is 1. The number of aryl methyl sites for hydroxylation is 1. The van der Waals surface area contributed by atoms with Crippen molar-refractivity contribution in [1.29, 1.82) is 0 Å². The first-order valence-corrected chi connectivity index (χ1v) is 6.74. The third-order valence-electron chi connectivity index (χ3n) is 3.54. The van der Waals surface area contributed by atoms with Crippen LogP contribution in [-0.4, -0.2) is 19.8 Å². The largest absolute Gasteiger partial charge is 0.491 e. The molecule has 0 saturated carbocycles. The molecule has 18 heavy (non-hydrogen) atoms. The highest BCUT2D eigenvalue weighted by molar-refractivity contribution is 5.39. The summed E-state index contributed by atoms with van der Waals surface area (Å²) in [7, 11) is 1.71. The average Bonchev–Trinajstić information content (AvgIpc) is 2.37. The zero-order valence-corrected chi connectivity index (χ0v) is 11.3. The van der Waals surface area contributed by atoms with Gasteiger partial charge in [-0.15, -0.1) is 0 Å². The standard InChI is InChI=1S/C15H23NO2/c1-11(8-9-17-2)18-13-7-6-12-4-3-5-15(16)14(12)10-13/h6-7,10-11,15H,3-5,8-9,16H2,1-2H3/t11?,15-/m1/s1. The van der Waals surface area contributed by atoms with Crippen LogP contribution in [0.4, 0.5) is 0 Å². The zero-order chi connectivity index (χ0) is 13.0. The number of hydrogen-bond donors (Lipinski definition) is 1. The molecule has 0 bridgehead atoms. The van der Waals surface area contributed by atoms with E-state index >= 15 is 0 Å². The molecule has 0 fully saturated rings. The highest BCUT2D eigenvalue weighted by atomic mass is 16.5. The van der Waals surface area contributed by atoms with Crippen LogP contribution in [0.3, 0.4) is 0 Å². The van der Waals surface area contributed by atoms with E-state index in [4.69, 9.17) is 15.2 Å². The summed E-state index contributed by atoms with van der Waals surface area (Å²) < 4.78 is 11.0. The maximum absolute atomic E-state index is 6.15. The van der Waals surface area contributed by atoms with Gasteiger partial charge < -0.3 is 15.2 Å². The summed E-state index contributed by atoms with van der Waals surface area (Å²) in [6.45, 7) is 2.80. The van der Waals surface area contributed by atoms with E-state index in [0.717, 1.165) is 31.6 Å². The van der Waals surface area contributed by atoms with Gasteiger partial charge in [-0.2, -0.15) is 0 Å². The second kappa shape index (κ2) is 6.21. The molecule has 100 valence electrons. The van der Waals surface area contributed by atoms with Crippen LogP contribution in [0.1, 0.15) is 43.4 Å². The van der Waals surface area contributed by atoms with Gasteiger partial charge >= 0.3 is 0 Å². The van der Waals surface area contributed by atoms with E-state index in [1.165, 1.54) is 17.5 Å². The first-order chi connectivity index (χ1) is 8.70. The summed E-state index contributed by atoms with van der Waals surface area (Å²) in [6.07, 6.45) is 4.49. The Bertz CT molecular complexity index is 392. The van der Waals surface area contributed by atoms with E-state index in [1.807, 2.05) is 0 Å². The van der Waals surface area contributed by atoms with Gasteiger partial charge in [0, 0.05) is 26.2 Å². The molecule has 0 spiro atoms. The minimum absolute atomic E-state index is 0.169. The Kier molecular flexibility index (Phi) is 4.61. The van der Waals surface area contributed by atoms with Crippen LogP contribution in [0.2, 0.25) is 0 Å². The van der Waals surface area contributed by atoms with Crippen LogP contribution in [0.15, 0.2) is 18.2 Å². The Labute approximate surface area is 109 Å². The first kappa shape index (κ1) is 13.4. The van der Waals surface area contributed by atoms with E-state index in [9.17, 15) is 0 Å². The molecule has 2 atom stereocenters. The summed E-state index contributed by atoms with van der Waals surface area (Å²) in [5.74, 6) is 0.926. The Balaban J connectivity index is 2.04. The topological polar surface area (TPSA) is 44.5 Å². The molecule has 0 aromatic heterocycles. The van der Waals surface area contributed by atoms with E-state index in [1.54, 1.807) is 7.11 Å². The summed E-state index contributed by atoms with van der Waals surface area (Å²) in [6, 6.07) is 6.50. The maximum atomic E-state index is 6.15. The van der Waals surface area contributed by atoms with Gasteiger partial charge in [0.1, 0.15) is 5.75 Å². The molecule has 0 radical (unpaired) electrons. The van der Waals surface area contributed by atoms with Gasteiger partial charge in [0.25, 0.3) is 0 Å². The Hall–Kier alpha value is -1.06. The third kappa shape index (κ3) is 3.24. The highest BCUT2D eigenvalue weighted by Crippen LogP contribution is 2.31. The maximum Gasteiger partial charge on any atom is 0.120 e. The lowest BCUT2D eigenvalue weighted by atomic mass is 9.88. The third-order valence-corrected chi connectivity index (χ3v) is 3.54. The SMILES string of the molecule is COCCC(C)Oc1ccc2c(c1)[C@H](N)CCC2. The lowest BCUT2D eigenvalue weighted by molar-refractivity contribution is 0.135. The van der Waals surface area contributed by atoms with E-state index in [-0.39, 0.29) is 12.1 Å². The molecular formula is C15H23NO2. The van der Waals surface area contributed by atoms with Crippen LogP contribution >= 0.6 is 0 Å². The van der Waals surface area contributed by atoms with Gasteiger partial charge in [-0.1, -0.05) is 6.07 Å². The zero-order valence-electron chi connectivity index (χ0n) is 11.3.